The zero-order valence-corrected chi connectivity index (χ0v) is 14.9. The number of ether oxygens (including phenoxy) is 2. The second kappa shape index (κ2) is 6.78. The molecule has 0 aliphatic carbocycles. The molecule has 2 aromatic heterocycles. The minimum absolute atomic E-state index is 0.0942. The van der Waals surface area contributed by atoms with Gasteiger partial charge in [-0.05, 0) is 13.3 Å². The van der Waals surface area contributed by atoms with Crippen LogP contribution in [-0.4, -0.2) is 57.2 Å². The van der Waals surface area contributed by atoms with Crippen molar-refractivity contribution >= 4 is 17.2 Å². The predicted octanol–water partition coefficient (Wildman–Crippen LogP) is 1.83. The summed E-state index contributed by atoms with van der Waals surface area (Å²) >= 11 is 1.64. The van der Waals surface area contributed by atoms with Gasteiger partial charge in [0.15, 0.2) is 0 Å². The van der Waals surface area contributed by atoms with Crippen LogP contribution in [-0.2, 0) is 16.1 Å². The second-order valence-electron chi connectivity index (χ2n) is 6.57. The van der Waals surface area contributed by atoms with Crippen LogP contribution >= 0.6 is 11.3 Å². The van der Waals surface area contributed by atoms with Gasteiger partial charge < -0.3 is 14.4 Å². The maximum Gasteiger partial charge on any atom is 0.274 e. The van der Waals surface area contributed by atoms with Gasteiger partial charge in [0.25, 0.3) is 5.91 Å². The van der Waals surface area contributed by atoms with Gasteiger partial charge in [-0.1, -0.05) is 0 Å². The summed E-state index contributed by atoms with van der Waals surface area (Å²) < 4.78 is 12.0. The highest BCUT2D eigenvalue weighted by atomic mass is 32.1. The summed E-state index contributed by atoms with van der Waals surface area (Å²) in [7, 11) is 0. The number of nitrogens with zero attached hydrogens (tertiary/aromatic N) is 4. The fraction of sp³-hybridized carbons (Fsp3) is 0.529. The van der Waals surface area contributed by atoms with Crippen LogP contribution in [0.2, 0.25) is 0 Å². The molecule has 0 saturated carbocycles. The fourth-order valence-corrected chi connectivity index (χ4v) is 3.98. The molecule has 1 amide bonds. The molecule has 0 bridgehead atoms. The summed E-state index contributed by atoms with van der Waals surface area (Å²) in [6.45, 7) is 4.35. The summed E-state index contributed by atoms with van der Waals surface area (Å²) in [6.07, 6.45) is 6.42. The third kappa shape index (κ3) is 3.56. The van der Waals surface area contributed by atoms with E-state index in [1.165, 1.54) is 12.4 Å². The van der Waals surface area contributed by atoms with Crippen LogP contribution in [0.3, 0.4) is 0 Å². The highest BCUT2D eigenvalue weighted by Gasteiger charge is 2.49. The number of rotatable bonds is 4. The maximum absolute atomic E-state index is 12.4. The Balaban J connectivity index is 1.31. The van der Waals surface area contributed by atoms with Crippen molar-refractivity contribution in [3.63, 3.8) is 0 Å². The molecule has 1 spiro atoms. The molecule has 4 heterocycles. The summed E-state index contributed by atoms with van der Waals surface area (Å²) in [5.41, 5.74) is 1.08. The summed E-state index contributed by atoms with van der Waals surface area (Å²) in [6, 6.07) is 0. The quantitative estimate of drug-likeness (QED) is 0.828. The molecule has 0 N–H and O–H groups in total. The molecule has 2 fully saturated rings. The molecule has 2 aliphatic heterocycles. The third-order valence-electron chi connectivity index (χ3n) is 4.61. The average molecular weight is 360 g/mol. The van der Waals surface area contributed by atoms with E-state index in [2.05, 4.69) is 15.0 Å². The summed E-state index contributed by atoms with van der Waals surface area (Å²) in [5, 5.41) is 3.09. The van der Waals surface area contributed by atoms with Crippen molar-refractivity contribution in [2.45, 2.75) is 38.1 Å². The zero-order chi connectivity index (χ0) is 17.3. The third-order valence-corrected chi connectivity index (χ3v) is 5.43. The first-order valence-electron chi connectivity index (χ1n) is 8.35. The zero-order valence-electron chi connectivity index (χ0n) is 14.1. The molecule has 0 unspecified atom stereocenters. The van der Waals surface area contributed by atoms with Gasteiger partial charge in [-0.15, -0.1) is 11.3 Å². The van der Waals surface area contributed by atoms with Crippen LogP contribution in [0.4, 0.5) is 0 Å². The topological polar surface area (TPSA) is 77.4 Å². The molecule has 2 aliphatic rings. The van der Waals surface area contributed by atoms with Crippen molar-refractivity contribution in [1.29, 1.82) is 0 Å². The lowest BCUT2D eigenvalue weighted by molar-refractivity contribution is -0.188. The Hall–Kier alpha value is -1.90. The van der Waals surface area contributed by atoms with E-state index in [0.29, 0.717) is 32.0 Å². The Labute approximate surface area is 150 Å². The number of thiazole rings is 1. The molecule has 4 rings (SSSR count). The number of carbonyl (C=O) groups excluding carboxylic acids is 1. The molecule has 8 heteroatoms. The van der Waals surface area contributed by atoms with Gasteiger partial charge >= 0.3 is 0 Å². The lowest BCUT2D eigenvalue weighted by Gasteiger charge is -2.52. The van der Waals surface area contributed by atoms with Crippen LogP contribution in [0.5, 0.6) is 0 Å². The van der Waals surface area contributed by atoms with Gasteiger partial charge in [-0.3, -0.25) is 9.78 Å². The first-order valence-corrected chi connectivity index (χ1v) is 9.23. The van der Waals surface area contributed by atoms with Gasteiger partial charge in [0.05, 0.1) is 42.7 Å². The fourth-order valence-electron chi connectivity index (χ4n) is 3.39. The number of likely N-dealkylation sites (tertiary alicyclic amines) is 1. The van der Waals surface area contributed by atoms with E-state index >= 15 is 0 Å². The molecule has 0 radical (unpaired) electrons. The van der Waals surface area contributed by atoms with Gasteiger partial charge in [-0.2, -0.15) is 0 Å². The Morgan fingerprint density at radius 2 is 2.36 bits per heavy atom. The molecule has 2 aromatic rings. The highest BCUT2D eigenvalue weighted by Crippen LogP contribution is 2.36. The Kier molecular flexibility index (Phi) is 4.49. The molecular formula is C17H20N4O3S. The van der Waals surface area contributed by atoms with Crippen LogP contribution in [0, 0.1) is 6.92 Å². The molecule has 1 atom stereocenters. The van der Waals surface area contributed by atoms with Gasteiger partial charge in [0.2, 0.25) is 0 Å². The van der Waals surface area contributed by atoms with Crippen molar-refractivity contribution in [3.05, 3.63) is 40.4 Å². The van der Waals surface area contributed by atoms with E-state index in [1.807, 2.05) is 12.3 Å². The SMILES string of the molecule is Cc1nc(CO[C@@H]2CCOC3(C2)CN(C(=O)c2cnccn2)C3)cs1. The van der Waals surface area contributed by atoms with Crippen molar-refractivity contribution < 1.29 is 14.3 Å². The van der Waals surface area contributed by atoms with Crippen molar-refractivity contribution in [3.8, 4) is 0 Å². The molecule has 132 valence electrons. The molecule has 25 heavy (non-hydrogen) atoms. The van der Waals surface area contributed by atoms with E-state index < -0.39 is 0 Å². The maximum atomic E-state index is 12.4. The summed E-state index contributed by atoms with van der Waals surface area (Å²) in [4.78, 5) is 26.6. The van der Waals surface area contributed by atoms with E-state index in [-0.39, 0.29) is 17.6 Å². The van der Waals surface area contributed by atoms with Crippen LogP contribution < -0.4 is 0 Å². The molecule has 7 nitrogen and oxygen atoms in total. The van der Waals surface area contributed by atoms with Crippen molar-refractivity contribution in [2.24, 2.45) is 0 Å². The molecule has 0 aromatic carbocycles. The van der Waals surface area contributed by atoms with E-state index in [4.69, 9.17) is 9.47 Å². The van der Waals surface area contributed by atoms with Gasteiger partial charge in [0, 0.05) is 30.8 Å². The van der Waals surface area contributed by atoms with Crippen LogP contribution in [0.25, 0.3) is 0 Å². The minimum Gasteiger partial charge on any atom is -0.372 e. The van der Waals surface area contributed by atoms with E-state index in [0.717, 1.165) is 23.5 Å². The number of carbonyl (C=O) groups is 1. The number of hydrogen-bond donors (Lipinski definition) is 0. The van der Waals surface area contributed by atoms with Crippen LogP contribution in [0.15, 0.2) is 24.0 Å². The number of hydrogen-bond acceptors (Lipinski definition) is 7. The lowest BCUT2D eigenvalue weighted by Crippen LogP contribution is -2.67. The smallest absolute Gasteiger partial charge is 0.274 e. The number of aryl methyl sites for hydroxylation is 1. The average Bonchev–Trinajstić information content (AvgIpc) is 3.03. The Morgan fingerprint density at radius 1 is 1.48 bits per heavy atom. The highest BCUT2D eigenvalue weighted by molar-refractivity contribution is 7.09. The largest absolute Gasteiger partial charge is 0.372 e. The number of amides is 1. The number of aromatic nitrogens is 3. The normalized spacial score (nSPS) is 22.0. The Bertz CT molecular complexity index is 745. The monoisotopic (exact) mass is 360 g/mol. The van der Waals surface area contributed by atoms with Gasteiger partial charge in [-0.25, -0.2) is 9.97 Å². The summed E-state index contributed by atoms with van der Waals surface area (Å²) in [5.74, 6) is -0.0942. The first-order chi connectivity index (χ1) is 12.1. The van der Waals surface area contributed by atoms with Crippen molar-refractivity contribution in [1.82, 2.24) is 19.9 Å². The minimum atomic E-state index is -0.279. The van der Waals surface area contributed by atoms with Gasteiger partial charge in [0.1, 0.15) is 11.3 Å². The molecule has 2 saturated heterocycles. The van der Waals surface area contributed by atoms with E-state index in [1.54, 1.807) is 22.4 Å². The first kappa shape index (κ1) is 16.6. The van der Waals surface area contributed by atoms with Crippen LogP contribution in [0.1, 0.15) is 34.0 Å². The lowest BCUT2D eigenvalue weighted by atomic mass is 9.84. The predicted molar refractivity (Wildman–Crippen MR) is 91.3 cm³/mol. The second-order valence-corrected chi connectivity index (χ2v) is 7.63. The Morgan fingerprint density at radius 3 is 3.08 bits per heavy atom. The van der Waals surface area contributed by atoms with Crippen molar-refractivity contribution in [2.75, 3.05) is 19.7 Å². The molecular weight excluding hydrogens is 340 g/mol. The van der Waals surface area contributed by atoms with E-state index in [9.17, 15) is 4.79 Å². The standard InChI is InChI=1S/C17H20N4O3S/c1-12-20-13(9-25-12)8-23-14-2-5-24-17(6-14)10-21(11-17)16(22)15-7-18-3-4-19-15/h3-4,7,9,14H,2,5-6,8,10-11H2,1H3/t14-/m1/s1.